The Labute approximate surface area is 192 Å². The third kappa shape index (κ3) is 6.35. The molecule has 2 aromatic rings. The number of nitrogens with zero attached hydrogens (tertiary/aromatic N) is 2. The van der Waals surface area contributed by atoms with Gasteiger partial charge in [-0.25, -0.2) is 13.8 Å². The summed E-state index contributed by atoms with van der Waals surface area (Å²) in [5, 5.41) is 8.70. The summed E-state index contributed by atoms with van der Waals surface area (Å²) >= 11 is 0. The van der Waals surface area contributed by atoms with Crippen LogP contribution in [0.5, 0.6) is 0 Å². The maximum absolute atomic E-state index is 14.1. The monoisotopic (exact) mass is 463 g/mol. The van der Waals surface area contributed by atoms with E-state index >= 15 is 0 Å². The van der Waals surface area contributed by atoms with Crippen molar-refractivity contribution in [2.45, 2.75) is 51.1 Å². The number of methoxy groups -OCH3 is 1. The summed E-state index contributed by atoms with van der Waals surface area (Å²) in [7, 11) is 1.61. The van der Waals surface area contributed by atoms with Crippen LogP contribution < -0.4 is 16.0 Å². The first kappa shape index (κ1) is 24.8. The number of benzene rings is 1. The lowest BCUT2D eigenvalue weighted by molar-refractivity contribution is -0.128. The minimum atomic E-state index is -0.889. The number of fused-ring (bicyclic) bond motifs is 1. The van der Waals surface area contributed by atoms with E-state index in [4.69, 9.17) is 4.74 Å². The Morgan fingerprint density at radius 1 is 1.30 bits per heavy atom. The van der Waals surface area contributed by atoms with Crippen molar-refractivity contribution in [1.82, 2.24) is 20.2 Å². The molecular formula is C23H31F2N5O3. The second-order valence-electron chi connectivity index (χ2n) is 8.72. The molecule has 2 amide bonds. The van der Waals surface area contributed by atoms with Crippen LogP contribution in [0.1, 0.15) is 37.8 Å². The van der Waals surface area contributed by atoms with Gasteiger partial charge in [0.15, 0.2) is 5.82 Å². The van der Waals surface area contributed by atoms with E-state index in [9.17, 15) is 18.4 Å². The molecule has 0 radical (unpaired) electrons. The lowest BCUT2D eigenvalue weighted by Gasteiger charge is -2.26. The first-order chi connectivity index (χ1) is 15.7. The van der Waals surface area contributed by atoms with Crippen molar-refractivity contribution >= 4 is 17.6 Å². The van der Waals surface area contributed by atoms with Crippen molar-refractivity contribution < 1.29 is 23.1 Å². The van der Waals surface area contributed by atoms with Gasteiger partial charge < -0.3 is 25.3 Å². The molecule has 10 heteroatoms. The molecule has 0 aliphatic heterocycles. The Hall–Kier alpha value is -2.85. The second kappa shape index (κ2) is 10.8. The highest BCUT2D eigenvalue weighted by Crippen LogP contribution is 2.25. The number of hydrogen-bond donors (Lipinski definition) is 3. The van der Waals surface area contributed by atoms with Crippen LogP contribution in [0.3, 0.4) is 0 Å². The van der Waals surface area contributed by atoms with E-state index in [-0.39, 0.29) is 24.4 Å². The molecule has 1 aromatic heterocycles. The number of carbonyl (C=O) groups excluding carboxylic acids is 2. The molecule has 0 bridgehead atoms. The zero-order chi connectivity index (χ0) is 24.0. The molecule has 3 rings (SSSR count). The Kier molecular flexibility index (Phi) is 8.15. The topological polar surface area (TPSA) is 97.3 Å². The zero-order valence-corrected chi connectivity index (χ0v) is 19.2. The van der Waals surface area contributed by atoms with Crippen LogP contribution in [-0.4, -0.2) is 54.2 Å². The van der Waals surface area contributed by atoms with E-state index < -0.39 is 17.2 Å². The number of halogens is 2. The summed E-state index contributed by atoms with van der Waals surface area (Å²) in [6, 6.07) is 2.19. The van der Waals surface area contributed by atoms with Crippen molar-refractivity contribution in [3.8, 4) is 0 Å². The molecule has 1 heterocycles. The van der Waals surface area contributed by atoms with Crippen molar-refractivity contribution in [2.75, 3.05) is 32.1 Å². The number of nitrogens with one attached hydrogen (secondary N) is 3. The molecule has 0 spiro atoms. The summed E-state index contributed by atoms with van der Waals surface area (Å²) < 4.78 is 34.0. The van der Waals surface area contributed by atoms with Crippen LogP contribution in [0.4, 0.5) is 14.6 Å². The van der Waals surface area contributed by atoms with Gasteiger partial charge >= 0.3 is 0 Å². The van der Waals surface area contributed by atoms with Crippen LogP contribution in [0, 0.1) is 11.6 Å². The molecular weight excluding hydrogens is 432 g/mol. The van der Waals surface area contributed by atoms with Gasteiger partial charge in [-0.1, -0.05) is 0 Å². The van der Waals surface area contributed by atoms with Crippen LogP contribution in [0.2, 0.25) is 0 Å². The van der Waals surface area contributed by atoms with Gasteiger partial charge in [-0.15, -0.1) is 0 Å². The molecule has 33 heavy (non-hydrogen) atoms. The molecule has 180 valence electrons. The predicted octanol–water partition coefficient (Wildman–Crippen LogP) is 2.13. The summed E-state index contributed by atoms with van der Waals surface area (Å²) in [5.41, 5.74) is 0.299. The second-order valence-corrected chi connectivity index (χ2v) is 8.72. The largest absolute Gasteiger partial charge is 0.385 e. The zero-order valence-electron chi connectivity index (χ0n) is 19.2. The Bertz CT molecular complexity index is 992. The van der Waals surface area contributed by atoms with Gasteiger partial charge in [0.05, 0.1) is 12.9 Å². The first-order valence-corrected chi connectivity index (χ1v) is 11.0. The summed E-state index contributed by atoms with van der Waals surface area (Å²) in [5.74, 6) is -1.25. The van der Waals surface area contributed by atoms with E-state index in [0.29, 0.717) is 55.8 Å². The number of amides is 2. The van der Waals surface area contributed by atoms with Crippen molar-refractivity contribution in [1.29, 1.82) is 0 Å². The Balaban J connectivity index is 1.49. The van der Waals surface area contributed by atoms with Crippen LogP contribution in [0.25, 0.3) is 0 Å². The van der Waals surface area contributed by atoms with Crippen LogP contribution >= 0.6 is 0 Å². The molecule has 0 saturated carbocycles. The third-order valence-corrected chi connectivity index (χ3v) is 5.88. The number of imidazole rings is 1. The fourth-order valence-electron chi connectivity index (χ4n) is 3.83. The predicted molar refractivity (Wildman–Crippen MR) is 120 cm³/mol. The van der Waals surface area contributed by atoms with Crippen molar-refractivity contribution in [2.24, 2.45) is 0 Å². The maximum Gasteiger partial charge on any atom is 0.245 e. The number of rotatable bonds is 10. The minimum absolute atomic E-state index is 0.0268. The molecule has 1 atom stereocenters. The lowest BCUT2D eigenvalue weighted by atomic mass is 9.88. The van der Waals surface area contributed by atoms with E-state index in [1.54, 1.807) is 31.7 Å². The van der Waals surface area contributed by atoms with Gasteiger partial charge in [0, 0.05) is 38.6 Å². The standard InChI is InChI=1S/C23H31F2N5O3/c1-23(2,22(32)26-7-4-8-33-3)30-13-20(28-14-30)29-21(31)12-27-17-6-5-15-9-16(24)10-19(25)18(15)11-17/h9-10,13-14,17,27H,4-8,11-12H2,1-3H3,(H,26,32)(H,29,31)/t17-/m0/s1. The number of anilines is 1. The van der Waals surface area contributed by atoms with Crippen molar-refractivity contribution in [3.63, 3.8) is 0 Å². The summed E-state index contributed by atoms with van der Waals surface area (Å²) in [6.45, 7) is 4.62. The number of aromatic nitrogens is 2. The van der Waals surface area contributed by atoms with Crippen LogP contribution in [0.15, 0.2) is 24.7 Å². The van der Waals surface area contributed by atoms with Crippen LogP contribution in [-0.2, 0) is 32.7 Å². The van der Waals surface area contributed by atoms with E-state index in [1.807, 2.05) is 0 Å². The molecule has 0 fully saturated rings. The van der Waals surface area contributed by atoms with Gasteiger partial charge in [0.25, 0.3) is 0 Å². The van der Waals surface area contributed by atoms with Crippen molar-refractivity contribution in [3.05, 3.63) is 47.4 Å². The van der Waals surface area contributed by atoms with Gasteiger partial charge in [-0.05, 0) is 56.7 Å². The summed E-state index contributed by atoms with van der Waals surface area (Å²) in [4.78, 5) is 29.1. The minimum Gasteiger partial charge on any atom is -0.385 e. The first-order valence-electron chi connectivity index (χ1n) is 11.0. The highest BCUT2D eigenvalue weighted by Gasteiger charge is 2.29. The van der Waals surface area contributed by atoms with Gasteiger partial charge in [0.1, 0.15) is 17.2 Å². The summed E-state index contributed by atoms with van der Waals surface area (Å²) in [6.07, 6.45) is 5.46. The molecule has 1 aliphatic carbocycles. The quantitative estimate of drug-likeness (QED) is 0.469. The maximum atomic E-state index is 14.1. The van der Waals surface area contributed by atoms with Gasteiger partial charge in [-0.3, -0.25) is 9.59 Å². The molecule has 0 unspecified atom stereocenters. The highest BCUT2D eigenvalue weighted by molar-refractivity contribution is 5.91. The Morgan fingerprint density at radius 2 is 2.09 bits per heavy atom. The lowest BCUT2D eigenvalue weighted by Crippen LogP contribution is -2.44. The fraction of sp³-hybridized carbons (Fsp3) is 0.522. The number of carbonyl (C=O) groups is 2. The smallest absolute Gasteiger partial charge is 0.245 e. The highest BCUT2D eigenvalue weighted by atomic mass is 19.1. The average molecular weight is 464 g/mol. The molecule has 1 aromatic carbocycles. The number of hydrogen-bond acceptors (Lipinski definition) is 5. The number of ether oxygens (including phenoxy) is 1. The normalized spacial score (nSPS) is 15.7. The van der Waals surface area contributed by atoms with E-state index in [0.717, 1.165) is 6.07 Å². The van der Waals surface area contributed by atoms with E-state index in [2.05, 4.69) is 20.9 Å². The molecule has 1 aliphatic rings. The molecule has 8 nitrogen and oxygen atoms in total. The third-order valence-electron chi connectivity index (χ3n) is 5.88. The van der Waals surface area contributed by atoms with Gasteiger partial charge in [-0.2, -0.15) is 0 Å². The Morgan fingerprint density at radius 3 is 2.85 bits per heavy atom. The van der Waals surface area contributed by atoms with Gasteiger partial charge in [0.2, 0.25) is 11.8 Å². The average Bonchev–Trinajstić information content (AvgIpc) is 3.24. The van der Waals surface area contributed by atoms with E-state index in [1.165, 1.54) is 12.4 Å². The molecule has 3 N–H and O–H groups in total. The molecule has 0 saturated heterocycles. The fourth-order valence-corrected chi connectivity index (χ4v) is 3.83. The number of aryl methyl sites for hydroxylation is 1. The SMILES string of the molecule is COCCCNC(=O)C(C)(C)n1cnc(NC(=O)CN[C@H]2CCc3cc(F)cc(F)c3C2)c1.